The zero-order chi connectivity index (χ0) is 13.9. The van der Waals surface area contributed by atoms with Crippen LogP contribution in [0.5, 0.6) is 0 Å². The number of hydrogen-bond donors (Lipinski definition) is 1. The molecular formula is C14H17FN4. The maximum atomic E-state index is 13.6. The molecule has 0 aliphatic carbocycles. The average Bonchev–Trinajstić information content (AvgIpc) is 2.62. The zero-order valence-electron chi connectivity index (χ0n) is 11.5. The summed E-state index contributed by atoms with van der Waals surface area (Å²) in [6, 6.07) is 3.03. The van der Waals surface area contributed by atoms with Gasteiger partial charge in [0.05, 0.1) is 28.8 Å². The number of aromatic nitrogens is 2. The van der Waals surface area contributed by atoms with E-state index in [9.17, 15) is 4.39 Å². The Kier molecular flexibility index (Phi) is 2.36. The predicted molar refractivity (Wildman–Crippen MR) is 74.6 cm³/mol. The molecule has 0 saturated carbocycles. The number of nitrogen functional groups attached to an aromatic ring is 1. The quantitative estimate of drug-likeness (QED) is 0.741. The van der Waals surface area contributed by atoms with E-state index >= 15 is 0 Å². The number of hydrogen-bond acceptors (Lipinski definition) is 3. The molecule has 1 aromatic carbocycles. The van der Waals surface area contributed by atoms with Crippen molar-refractivity contribution < 1.29 is 4.39 Å². The molecule has 1 aliphatic rings. The van der Waals surface area contributed by atoms with Crippen LogP contribution in [0.1, 0.15) is 24.5 Å². The summed E-state index contributed by atoms with van der Waals surface area (Å²) in [4.78, 5) is 6.65. The van der Waals surface area contributed by atoms with Crippen LogP contribution in [0.15, 0.2) is 12.1 Å². The van der Waals surface area contributed by atoms with E-state index in [0.717, 1.165) is 28.5 Å². The Morgan fingerprint density at radius 1 is 1.32 bits per heavy atom. The third-order valence-electron chi connectivity index (χ3n) is 4.05. The van der Waals surface area contributed by atoms with Crippen molar-refractivity contribution in [3.05, 3.63) is 29.5 Å². The minimum absolute atomic E-state index is 0.154. The number of aryl methyl sites for hydroxylation is 1. The molecule has 0 spiro atoms. The van der Waals surface area contributed by atoms with Gasteiger partial charge in [0, 0.05) is 19.7 Å². The second kappa shape index (κ2) is 3.73. The van der Waals surface area contributed by atoms with Gasteiger partial charge in [0.25, 0.3) is 0 Å². The normalized spacial score (nSPS) is 17.3. The first-order valence-electron chi connectivity index (χ1n) is 6.27. The topological polar surface area (TPSA) is 47.1 Å². The van der Waals surface area contributed by atoms with E-state index < -0.39 is 0 Å². The Hall–Kier alpha value is -2.04. The van der Waals surface area contributed by atoms with Crippen LogP contribution >= 0.6 is 0 Å². The van der Waals surface area contributed by atoms with E-state index in [1.165, 1.54) is 12.1 Å². The number of nitrogens with zero attached hydrogens (tertiary/aromatic N) is 3. The molecule has 0 fully saturated rings. The molecule has 1 aromatic heterocycles. The second-order valence-corrected chi connectivity index (χ2v) is 5.13. The number of fused-ring (bicyclic) bond motifs is 3. The highest BCUT2D eigenvalue weighted by molar-refractivity contribution is 5.89. The van der Waals surface area contributed by atoms with Gasteiger partial charge >= 0.3 is 0 Å². The Balaban J connectivity index is 2.40. The molecule has 0 bridgehead atoms. The van der Waals surface area contributed by atoms with Crippen LogP contribution in [0.2, 0.25) is 0 Å². The SMILES string of the molecule is Cc1nc2c(n1C)C(C)N(C)c1c(N)cc(F)cc1-2. The van der Waals surface area contributed by atoms with Gasteiger partial charge in [-0.2, -0.15) is 0 Å². The lowest BCUT2D eigenvalue weighted by atomic mass is 9.96. The van der Waals surface area contributed by atoms with Gasteiger partial charge in [-0.3, -0.25) is 0 Å². The molecule has 100 valence electrons. The molecule has 4 nitrogen and oxygen atoms in total. The first kappa shape index (κ1) is 12.0. The van der Waals surface area contributed by atoms with Crippen LogP contribution in [0.25, 0.3) is 11.3 Å². The molecule has 3 rings (SSSR count). The summed E-state index contributed by atoms with van der Waals surface area (Å²) in [6.45, 7) is 4.05. The lowest BCUT2D eigenvalue weighted by molar-refractivity contribution is 0.625. The molecule has 2 aromatic rings. The van der Waals surface area contributed by atoms with Crippen LogP contribution < -0.4 is 10.6 Å². The summed E-state index contributed by atoms with van der Waals surface area (Å²) < 4.78 is 15.7. The molecule has 5 heteroatoms. The van der Waals surface area contributed by atoms with E-state index in [4.69, 9.17) is 5.73 Å². The molecule has 2 N–H and O–H groups in total. The summed E-state index contributed by atoms with van der Waals surface area (Å²) in [5.74, 6) is 0.592. The van der Waals surface area contributed by atoms with E-state index in [0.29, 0.717) is 5.69 Å². The van der Waals surface area contributed by atoms with E-state index in [-0.39, 0.29) is 11.9 Å². The van der Waals surface area contributed by atoms with Gasteiger partial charge in [-0.15, -0.1) is 0 Å². The molecule has 1 aliphatic heterocycles. The maximum absolute atomic E-state index is 13.6. The number of nitrogens with two attached hydrogens (primary N) is 1. The Morgan fingerprint density at radius 3 is 2.68 bits per heavy atom. The van der Waals surface area contributed by atoms with Crippen molar-refractivity contribution in [2.24, 2.45) is 7.05 Å². The molecule has 0 amide bonds. The summed E-state index contributed by atoms with van der Waals surface area (Å²) in [5.41, 5.74) is 10.0. The van der Waals surface area contributed by atoms with Crippen LogP contribution in [-0.2, 0) is 7.05 Å². The third kappa shape index (κ3) is 1.47. The van der Waals surface area contributed by atoms with Gasteiger partial charge in [0.1, 0.15) is 11.6 Å². The monoisotopic (exact) mass is 260 g/mol. The minimum Gasteiger partial charge on any atom is -0.397 e. The number of anilines is 2. The highest BCUT2D eigenvalue weighted by atomic mass is 19.1. The van der Waals surface area contributed by atoms with Crippen molar-refractivity contribution in [2.45, 2.75) is 19.9 Å². The lowest BCUT2D eigenvalue weighted by Gasteiger charge is -2.34. The second-order valence-electron chi connectivity index (χ2n) is 5.13. The fourth-order valence-electron chi connectivity index (χ4n) is 2.88. The first-order valence-corrected chi connectivity index (χ1v) is 6.27. The largest absolute Gasteiger partial charge is 0.397 e. The van der Waals surface area contributed by atoms with Crippen LogP contribution in [-0.4, -0.2) is 16.6 Å². The average molecular weight is 260 g/mol. The van der Waals surface area contributed by atoms with E-state index in [1.54, 1.807) is 0 Å². The van der Waals surface area contributed by atoms with Crippen molar-refractivity contribution >= 4 is 11.4 Å². The van der Waals surface area contributed by atoms with Crippen molar-refractivity contribution in [3.8, 4) is 11.3 Å². The van der Waals surface area contributed by atoms with Crippen LogP contribution in [0.3, 0.4) is 0 Å². The number of imidazole rings is 1. The van der Waals surface area contributed by atoms with E-state index in [2.05, 4.69) is 21.4 Å². The van der Waals surface area contributed by atoms with Crippen LogP contribution in [0.4, 0.5) is 15.8 Å². The highest BCUT2D eigenvalue weighted by Crippen LogP contribution is 2.46. The fraction of sp³-hybridized carbons (Fsp3) is 0.357. The van der Waals surface area contributed by atoms with Gasteiger partial charge in [0.2, 0.25) is 0 Å². The van der Waals surface area contributed by atoms with Crippen molar-refractivity contribution in [1.29, 1.82) is 0 Å². The molecule has 2 heterocycles. The van der Waals surface area contributed by atoms with Gasteiger partial charge in [-0.1, -0.05) is 0 Å². The molecule has 0 radical (unpaired) electrons. The Morgan fingerprint density at radius 2 is 2.00 bits per heavy atom. The number of rotatable bonds is 0. The number of benzene rings is 1. The first-order chi connectivity index (χ1) is 8.91. The minimum atomic E-state index is -0.326. The maximum Gasteiger partial charge on any atom is 0.126 e. The van der Waals surface area contributed by atoms with Crippen molar-refractivity contribution in [2.75, 3.05) is 17.7 Å². The molecular weight excluding hydrogens is 243 g/mol. The Bertz CT molecular complexity index is 675. The Labute approximate surface area is 111 Å². The van der Waals surface area contributed by atoms with Crippen molar-refractivity contribution in [1.82, 2.24) is 9.55 Å². The summed E-state index contributed by atoms with van der Waals surface area (Å²) >= 11 is 0. The summed E-state index contributed by atoms with van der Waals surface area (Å²) in [7, 11) is 3.96. The predicted octanol–water partition coefficient (Wildman–Crippen LogP) is 2.63. The van der Waals surface area contributed by atoms with Crippen LogP contribution in [0, 0.1) is 12.7 Å². The van der Waals surface area contributed by atoms with Gasteiger partial charge < -0.3 is 15.2 Å². The van der Waals surface area contributed by atoms with E-state index in [1.807, 2.05) is 21.0 Å². The zero-order valence-corrected chi connectivity index (χ0v) is 11.5. The smallest absolute Gasteiger partial charge is 0.126 e. The van der Waals surface area contributed by atoms with Crippen molar-refractivity contribution in [3.63, 3.8) is 0 Å². The fourth-order valence-corrected chi connectivity index (χ4v) is 2.88. The van der Waals surface area contributed by atoms with Gasteiger partial charge in [-0.05, 0) is 26.0 Å². The molecule has 1 atom stereocenters. The lowest BCUT2D eigenvalue weighted by Crippen LogP contribution is -2.28. The molecule has 19 heavy (non-hydrogen) atoms. The molecule has 0 saturated heterocycles. The third-order valence-corrected chi connectivity index (χ3v) is 4.05. The number of halogens is 1. The summed E-state index contributed by atoms with van der Waals surface area (Å²) in [6.07, 6.45) is 0. The highest BCUT2D eigenvalue weighted by Gasteiger charge is 2.32. The van der Waals surface area contributed by atoms with Gasteiger partial charge in [-0.25, -0.2) is 9.37 Å². The standard InChI is InChI=1S/C14H17FN4/c1-7-13-12(17-8(2)19(13)4)10-5-9(15)6-11(16)14(10)18(7)3/h5-7H,16H2,1-4H3. The summed E-state index contributed by atoms with van der Waals surface area (Å²) in [5, 5.41) is 0. The van der Waals surface area contributed by atoms with Gasteiger partial charge in [0.15, 0.2) is 0 Å². The molecule has 1 unspecified atom stereocenters.